The molecule has 0 aliphatic rings. The minimum Gasteiger partial charge on any atom is -0.497 e. The van der Waals surface area contributed by atoms with Gasteiger partial charge >= 0.3 is 0 Å². The molecule has 0 atom stereocenters. The second-order valence-electron chi connectivity index (χ2n) is 6.26. The maximum atomic E-state index is 13.1. The summed E-state index contributed by atoms with van der Waals surface area (Å²) in [7, 11) is 5.75. The lowest BCUT2D eigenvalue weighted by Crippen LogP contribution is -2.22. The van der Waals surface area contributed by atoms with Crippen LogP contribution in [0.3, 0.4) is 0 Å². The number of thioether (sulfide) groups is 1. The van der Waals surface area contributed by atoms with E-state index >= 15 is 0 Å². The van der Waals surface area contributed by atoms with E-state index in [0.717, 1.165) is 40.8 Å². The fourth-order valence-corrected chi connectivity index (χ4v) is 3.65. The summed E-state index contributed by atoms with van der Waals surface area (Å²) in [5.41, 5.74) is 1.48. The van der Waals surface area contributed by atoms with Gasteiger partial charge in [-0.1, -0.05) is 23.9 Å². The molecule has 0 unspecified atom stereocenters. The Morgan fingerprint density at radius 2 is 1.85 bits per heavy atom. The van der Waals surface area contributed by atoms with E-state index in [1.165, 1.54) is 0 Å². The molecule has 0 saturated carbocycles. The van der Waals surface area contributed by atoms with Gasteiger partial charge in [0.05, 0.1) is 23.7 Å². The van der Waals surface area contributed by atoms with Crippen LogP contribution in [0.5, 0.6) is 5.75 Å². The second-order valence-corrected chi connectivity index (χ2v) is 7.32. The largest absolute Gasteiger partial charge is 0.497 e. The normalized spacial score (nSPS) is 11.2. The molecular weight excluding hydrogens is 346 g/mol. The van der Waals surface area contributed by atoms with Gasteiger partial charge in [-0.05, 0) is 63.5 Å². The van der Waals surface area contributed by atoms with E-state index in [9.17, 15) is 4.79 Å². The average Bonchev–Trinajstić information content (AvgIpc) is 2.65. The van der Waals surface area contributed by atoms with Crippen molar-refractivity contribution in [1.29, 1.82) is 0 Å². The highest BCUT2D eigenvalue weighted by Gasteiger charge is 2.13. The van der Waals surface area contributed by atoms with Gasteiger partial charge in [-0.3, -0.25) is 9.36 Å². The summed E-state index contributed by atoms with van der Waals surface area (Å²) >= 11 is 1.62. The third kappa shape index (κ3) is 4.08. The molecule has 0 saturated heterocycles. The summed E-state index contributed by atoms with van der Waals surface area (Å²) in [6.07, 6.45) is 1.03. The van der Waals surface area contributed by atoms with Crippen molar-refractivity contribution in [2.75, 3.05) is 33.5 Å². The molecule has 3 aromatic rings. The van der Waals surface area contributed by atoms with Crippen molar-refractivity contribution in [2.45, 2.75) is 11.6 Å². The minimum absolute atomic E-state index is 0.0455. The van der Waals surface area contributed by atoms with Crippen LogP contribution >= 0.6 is 11.8 Å². The Morgan fingerprint density at radius 1 is 1.12 bits per heavy atom. The van der Waals surface area contributed by atoms with Crippen LogP contribution in [0.4, 0.5) is 0 Å². The maximum absolute atomic E-state index is 13.1. The number of rotatable bonds is 7. The van der Waals surface area contributed by atoms with Gasteiger partial charge in [0.2, 0.25) is 0 Å². The molecule has 0 bridgehead atoms. The number of fused-ring (bicyclic) bond motifs is 1. The van der Waals surface area contributed by atoms with Crippen LogP contribution in [-0.4, -0.2) is 48.0 Å². The monoisotopic (exact) mass is 369 g/mol. The zero-order valence-corrected chi connectivity index (χ0v) is 16.1. The Hall–Kier alpha value is -2.31. The third-order valence-electron chi connectivity index (χ3n) is 4.06. The number of aromatic nitrogens is 2. The molecule has 0 amide bonds. The first-order chi connectivity index (χ1) is 12.6. The zero-order valence-electron chi connectivity index (χ0n) is 15.3. The van der Waals surface area contributed by atoms with Crippen molar-refractivity contribution >= 4 is 22.7 Å². The summed E-state index contributed by atoms with van der Waals surface area (Å²) in [5.74, 6) is 1.66. The van der Waals surface area contributed by atoms with Gasteiger partial charge in [0.25, 0.3) is 5.56 Å². The Balaban J connectivity index is 2.03. The molecule has 0 aliphatic carbocycles. The number of ether oxygens (including phenoxy) is 1. The van der Waals surface area contributed by atoms with Gasteiger partial charge in [0, 0.05) is 5.75 Å². The number of methoxy groups -OCH3 is 1. The Bertz CT molecular complexity index is 936. The summed E-state index contributed by atoms with van der Waals surface area (Å²) in [6, 6.07) is 15.0. The minimum atomic E-state index is -0.0455. The van der Waals surface area contributed by atoms with Gasteiger partial charge < -0.3 is 9.64 Å². The predicted octanol–water partition coefficient (Wildman–Crippen LogP) is 3.44. The SMILES string of the molecule is COc1ccc(-n2c(SCCCN(C)C)nc3ccccc3c2=O)cc1. The van der Waals surface area contributed by atoms with Gasteiger partial charge in [-0.15, -0.1) is 0 Å². The van der Waals surface area contributed by atoms with Crippen LogP contribution in [-0.2, 0) is 0 Å². The molecular formula is C20H23N3O2S. The first-order valence-corrected chi connectivity index (χ1v) is 9.52. The van der Waals surface area contributed by atoms with E-state index in [2.05, 4.69) is 19.0 Å². The molecule has 1 aromatic heterocycles. The van der Waals surface area contributed by atoms with E-state index < -0.39 is 0 Å². The van der Waals surface area contributed by atoms with E-state index in [4.69, 9.17) is 9.72 Å². The summed E-state index contributed by atoms with van der Waals surface area (Å²) in [6.45, 7) is 1.01. The zero-order chi connectivity index (χ0) is 18.5. The second kappa shape index (κ2) is 8.38. The molecule has 0 spiro atoms. The van der Waals surface area contributed by atoms with E-state index in [1.807, 2.05) is 48.5 Å². The first kappa shape index (κ1) is 18.5. The quantitative estimate of drug-likeness (QED) is 0.363. The Morgan fingerprint density at radius 3 is 2.54 bits per heavy atom. The van der Waals surface area contributed by atoms with Crippen LogP contribution in [0.2, 0.25) is 0 Å². The van der Waals surface area contributed by atoms with Crippen LogP contribution < -0.4 is 10.3 Å². The number of nitrogens with zero attached hydrogens (tertiary/aromatic N) is 3. The highest BCUT2D eigenvalue weighted by atomic mass is 32.2. The molecule has 2 aromatic carbocycles. The lowest BCUT2D eigenvalue weighted by Gasteiger charge is -2.14. The van der Waals surface area contributed by atoms with Gasteiger partial charge in [-0.25, -0.2) is 4.98 Å². The topological polar surface area (TPSA) is 47.4 Å². The fourth-order valence-electron chi connectivity index (χ4n) is 2.71. The summed E-state index contributed by atoms with van der Waals surface area (Å²) in [4.78, 5) is 20.0. The van der Waals surface area contributed by atoms with E-state index in [0.29, 0.717) is 5.39 Å². The molecule has 0 aliphatic heterocycles. The molecule has 5 nitrogen and oxygen atoms in total. The van der Waals surface area contributed by atoms with Gasteiger partial charge in [-0.2, -0.15) is 0 Å². The number of hydrogen-bond acceptors (Lipinski definition) is 5. The average molecular weight is 369 g/mol. The fraction of sp³-hybridized carbons (Fsp3) is 0.300. The number of hydrogen-bond donors (Lipinski definition) is 0. The molecule has 0 fully saturated rings. The highest BCUT2D eigenvalue weighted by Crippen LogP contribution is 2.23. The lowest BCUT2D eigenvalue weighted by atomic mass is 10.2. The van der Waals surface area contributed by atoms with Crippen LogP contribution in [0.15, 0.2) is 58.5 Å². The molecule has 3 rings (SSSR count). The highest BCUT2D eigenvalue weighted by molar-refractivity contribution is 7.99. The smallest absolute Gasteiger partial charge is 0.266 e. The number of para-hydroxylation sites is 1. The first-order valence-electron chi connectivity index (χ1n) is 8.54. The number of benzene rings is 2. The standard InChI is InChI=1S/C20H23N3O2S/c1-22(2)13-6-14-26-20-21-18-8-5-4-7-17(18)19(24)23(20)15-9-11-16(25-3)12-10-15/h4-5,7-12H,6,13-14H2,1-3H3. The van der Waals surface area contributed by atoms with Crippen molar-refractivity contribution in [3.05, 3.63) is 58.9 Å². The van der Waals surface area contributed by atoms with Gasteiger partial charge in [0.15, 0.2) is 5.16 Å². The van der Waals surface area contributed by atoms with Crippen LogP contribution in [0.1, 0.15) is 6.42 Å². The van der Waals surface area contributed by atoms with Crippen LogP contribution in [0.25, 0.3) is 16.6 Å². The van der Waals surface area contributed by atoms with Crippen molar-refractivity contribution in [2.24, 2.45) is 0 Å². The van der Waals surface area contributed by atoms with Crippen molar-refractivity contribution in [3.63, 3.8) is 0 Å². The molecule has 6 heteroatoms. The molecule has 136 valence electrons. The third-order valence-corrected chi connectivity index (χ3v) is 5.08. The molecule has 0 N–H and O–H groups in total. The van der Waals surface area contributed by atoms with E-state index in [1.54, 1.807) is 23.4 Å². The van der Waals surface area contributed by atoms with Crippen molar-refractivity contribution in [1.82, 2.24) is 14.5 Å². The Kier molecular flexibility index (Phi) is 5.96. The van der Waals surface area contributed by atoms with Crippen molar-refractivity contribution < 1.29 is 4.74 Å². The van der Waals surface area contributed by atoms with Crippen molar-refractivity contribution in [3.8, 4) is 11.4 Å². The van der Waals surface area contributed by atoms with Crippen LogP contribution in [0, 0.1) is 0 Å². The van der Waals surface area contributed by atoms with Gasteiger partial charge in [0.1, 0.15) is 5.75 Å². The summed E-state index contributed by atoms with van der Waals surface area (Å²) in [5, 5.41) is 1.35. The molecule has 1 heterocycles. The van der Waals surface area contributed by atoms with E-state index in [-0.39, 0.29) is 5.56 Å². The maximum Gasteiger partial charge on any atom is 0.266 e. The Labute approximate surface area is 157 Å². The summed E-state index contributed by atoms with van der Waals surface area (Å²) < 4.78 is 6.92. The molecule has 26 heavy (non-hydrogen) atoms. The predicted molar refractivity (Wildman–Crippen MR) is 108 cm³/mol. The molecule has 0 radical (unpaired) electrons. The lowest BCUT2D eigenvalue weighted by molar-refractivity contribution is 0.410.